The molecule has 1 aliphatic carbocycles. The lowest BCUT2D eigenvalue weighted by Gasteiger charge is -2.29. The predicted molar refractivity (Wildman–Crippen MR) is 117 cm³/mol. The summed E-state index contributed by atoms with van der Waals surface area (Å²) in [5.74, 6) is -1.10. The number of fused-ring (bicyclic) bond motifs is 2. The van der Waals surface area contributed by atoms with Crippen molar-refractivity contribution in [2.24, 2.45) is 5.41 Å². The number of rotatable bonds is 5. The summed E-state index contributed by atoms with van der Waals surface area (Å²) in [5.41, 5.74) is 1.52. The first kappa shape index (κ1) is 21.3. The van der Waals surface area contributed by atoms with Crippen LogP contribution in [0.1, 0.15) is 52.2 Å². The van der Waals surface area contributed by atoms with Crippen LogP contribution in [0.5, 0.6) is 0 Å². The van der Waals surface area contributed by atoms with Crippen LogP contribution in [0.3, 0.4) is 0 Å². The SMILES string of the molecule is CC1(C)CC(=O)c2cc(C(=O)NCCS(=O)(=O)N3CCc4ccccc43)c(=O)[nH]c2C1. The fourth-order valence-electron chi connectivity index (χ4n) is 4.29. The molecule has 1 amide bonds. The van der Waals surface area contributed by atoms with Crippen LogP contribution >= 0.6 is 0 Å². The average Bonchev–Trinajstić information content (AvgIpc) is 3.11. The Hall–Kier alpha value is -2.94. The van der Waals surface area contributed by atoms with Crippen molar-refractivity contribution in [3.05, 3.63) is 63.1 Å². The van der Waals surface area contributed by atoms with Gasteiger partial charge in [0.1, 0.15) is 5.56 Å². The molecule has 164 valence electrons. The van der Waals surface area contributed by atoms with Gasteiger partial charge in [-0.15, -0.1) is 0 Å². The number of benzene rings is 1. The molecular formula is C22H25N3O5S. The van der Waals surface area contributed by atoms with Crippen molar-refractivity contribution < 1.29 is 18.0 Å². The van der Waals surface area contributed by atoms with Crippen molar-refractivity contribution in [2.45, 2.75) is 33.1 Å². The van der Waals surface area contributed by atoms with E-state index in [1.165, 1.54) is 10.4 Å². The number of hydrogen-bond acceptors (Lipinski definition) is 5. The highest BCUT2D eigenvalue weighted by molar-refractivity contribution is 7.92. The van der Waals surface area contributed by atoms with Gasteiger partial charge in [-0.3, -0.25) is 18.7 Å². The number of para-hydroxylation sites is 1. The van der Waals surface area contributed by atoms with Gasteiger partial charge in [0.05, 0.1) is 11.4 Å². The zero-order chi connectivity index (χ0) is 22.4. The van der Waals surface area contributed by atoms with Gasteiger partial charge in [-0.25, -0.2) is 8.42 Å². The lowest BCUT2D eigenvalue weighted by Crippen LogP contribution is -2.39. The number of nitrogens with one attached hydrogen (secondary N) is 2. The second-order valence-corrected chi connectivity index (χ2v) is 10.9. The smallest absolute Gasteiger partial charge is 0.261 e. The molecule has 9 heteroatoms. The van der Waals surface area contributed by atoms with Crippen molar-refractivity contribution in [3.8, 4) is 0 Å². The summed E-state index contributed by atoms with van der Waals surface area (Å²) < 4.78 is 26.8. The fourth-order valence-corrected chi connectivity index (χ4v) is 5.72. The molecule has 0 saturated heterocycles. The summed E-state index contributed by atoms with van der Waals surface area (Å²) in [4.78, 5) is 40.0. The molecular weight excluding hydrogens is 418 g/mol. The summed E-state index contributed by atoms with van der Waals surface area (Å²) >= 11 is 0. The molecule has 0 unspecified atom stereocenters. The van der Waals surface area contributed by atoms with Gasteiger partial charge < -0.3 is 10.3 Å². The third kappa shape index (κ3) is 4.14. The summed E-state index contributed by atoms with van der Waals surface area (Å²) in [6.45, 7) is 4.13. The number of hydrogen-bond donors (Lipinski definition) is 2. The molecule has 2 heterocycles. The van der Waals surface area contributed by atoms with Crippen molar-refractivity contribution in [1.29, 1.82) is 0 Å². The Morgan fingerprint density at radius 1 is 1.19 bits per heavy atom. The molecule has 31 heavy (non-hydrogen) atoms. The molecule has 0 fully saturated rings. The van der Waals surface area contributed by atoms with Crippen LogP contribution in [0.2, 0.25) is 0 Å². The third-order valence-corrected chi connectivity index (χ3v) is 7.56. The van der Waals surface area contributed by atoms with Gasteiger partial charge in [-0.05, 0) is 36.0 Å². The molecule has 0 bridgehead atoms. The van der Waals surface area contributed by atoms with Crippen LogP contribution in [-0.4, -0.2) is 43.9 Å². The van der Waals surface area contributed by atoms with E-state index >= 15 is 0 Å². The fraction of sp³-hybridized carbons (Fsp3) is 0.409. The number of pyridine rings is 1. The monoisotopic (exact) mass is 443 g/mol. The molecule has 1 aromatic carbocycles. The maximum atomic E-state index is 12.7. The van der Waals surface area contributed by atoms with Gasteiger partial charge in [0.2, 0.25) is 10.0 Å². The molecule has 8 nitrogen and oxygen atoms in total. The topological polar surface area (TPSA) is 116 Å². The summed E-state index contributed by atoms with van der Waals surface area (Å²) in [5, 5.41) is 2.51. The number of Topliss-reactive ketones (excluding diaryl/α,β-unsaturated/α-hetero) is 1. The largest absolute Gasteiger partial charge is 0.351 e. The number of ketones is 1. The van der Waals surface area contributed by atoms with Crippen molar-refractivity contribution in [2.75, 3.05) is 23.1 Å². The second kappa shape index (κ2) is 7.64. The van der Waals surface area contributed by atoms with E-state index in [1.807, 2.05) is 26.0 Å². The molecule has 0 spiro atoms. The van der Waals surface area contributed by atoms with Crippen molar-refractivity contribution in [3.63, 3.8) is 0 Å². The van der Waals surface area contributed by atoms with Crippen molar-refractivity contribution in [1.82, 2.24) is 10.3 Å². The zero-order valence-corrected chi connectivity index (χ0v) is 18.3. The third-order valence-electron chi connectivity index (χ3n) is 5.79. The molecule has 2 N–H and O–H groups in total. The standard InChI is InChI=1S/C22H25N3O5S/c1-22(2)12-17-15(19(26)13-22)11-16(21(28)24-17)20(27)23-8-10-31(29,30)25-9-7-14-5-3-4-6-18(14)25/h3-6,11H,7-10,12-13H2,1-2H3,(H,23,27)(H,24,28). The summed E-state index contributed by atoms with van der Waals surface area (Å²) in [7, 11) is -3.62. The van der Waals surface area contributed by atoms with E-state index in [9.17, 15) is 22.8 Å². The lowest BCUT2D eigenvalue weighted by atomic mass is 9.75. The Labute approximate surface area is 180 Å². The Balaban J connectivity index is 1.45. The highest BCUT2D eigenvalue weighted by Crippen LogP contribution is 2.33. The van der Waals surface area contributed by atoms with Crippen LogP contribution in [0.4, 0.5) is 5.69 Å². The number of aromatic nitrogens is 1. The Morgan fingerprint density at radius 2 is 1.94 bits per heavy atom. The molecule has 2 aromatic rings. The predicted octanol–water partition coefficient (Wildman–Crippen LogP) is 1.65. The van der Waals surface area contributed by atoms with Gasteiger partial charge in [-0.2, -0.15) is 0 Å². The molecule has 1 aromatic heterocycles. The molecule has 2 aliphatic rings. The van der Waals surface area contributed by atoms with Crippen LogP contribution in [0, 0.1) is 5.41 Å². The first-order valence-electron chi connectivity index (χ1n) is 10.2. The molecule has 4 rings (SSSR count). The number of carbonyl (C=O) groups excluding carboxylic acids is 2. The molecule has 0 atom stereocenters. The number of anilines is 1. The quantitative estimate of drug-likeness (QED) is 0.729. The summed E-state index contributed by atoms with van der Waals surface area (Å²) in [6, 6.07) is 8.66. The highest BCUT2D eigenvalue weighted by Gasteiger charge is 2.33. The van der Waals surface area contributed by atoms with E-state index in [0.29, 0.717) is 42.8 Å². The normalized spacial score (nSPS) is 17.2. The first-order chi connectivity index (χ1) is 14.6. The number of sulfonamides is 1. The van der Waals surface area contributed by atoms with Crippen LogP contribution in [0.25, 0.3) is 0 Å². The van der Waals surface area contributed by atoms with E-state index in [0.717, 1.165) is 5.56 Å². The molecule has 0 radical (unpaired) electrons. The maximum absolute atomic E-state index is 12.7. The number of carbonyl (C=O) groups is 2. The minimum absolute atomic E-state index is 0.119. The van der Waals surface area contributed by atoms with Crippen LogP contribution in [0.15, 0.2) is 35.1 Å². The summed E-state index contributed by atoms with van der Waals surface area (Å²) in [6.07, 6.45) is 1.53. The molecule has 0 saturated carbocycles. The van der Waals surface area contributed by atoms with Gasteiger partial charge in [0.25, 0.3) is 11.5 Å². The number of aromatic amines is 1. The van der Waals surface area contributed by atoms with Crippen LogP contribution in [-0.2, 0) is 22.9 Å². The maximum Gasteiger partial charge on any atom is 0.261 e. The minimum Gasteiger partial charge on any atom is -0.351 e. The Morgan fingerprint density at radius 3 is 2.71 bits per heavy atom. The zero-order valence-electron chi connectivity index (χ0n) is 17.5. The van der Waals surface area contributed by atoms with E-state index in [2.05, 4.69) is 10.3 Å². The first-order valence-corrected chi connectivity index (χ1v) is 11.8. The number of H-pyrrole nitrogens is 1. The Bertz CT molecular complexity index is 1230. The van der Waals surface area contributed by atoms with Gasteiger partial charge >= 0.3 is 0 Å². The molecule has 1 aliphatic heterocycles. The Kier molecular flexibility index (Phi) is 5.25. The number of amides is 1. The van der Waals surface area contributed by atoms with Crippen LogP contribution < -0.4 is 15.2 Å². The van der Waals surface area contributed by atoms with E-state index in [4.69, 9.17) is 0 Å². The van der Waals surface area contributed by atoms with E-state index in [1.54, 1.807) is 12.1 Å². The average molecular weight is 444 g/mol. The van der Waals surface area contributed by atoms with Gasteiger partial charge in [-0.1, -0.05) is 32.0 Å². The number of nitrogens with zero attached hydrogens (tertiary/aromatic N) is 1. The minimum atomic E-state index is -3.62. The van der Waals surface area contributed by atoms with Crippen molar-refractivity contribution >= 4 is 27.4 Å². The van der Waals surface area contributed by atoms with Gasteiger partial charge in [0, 0.05) is 30.8 Å². The second-order valence-electron chi connectivity index (χ2n) is 8.87. The highest BCUT2D eigenvalue weighted by atomic mass is 32.2. The lowest BCUT2D eigenvalue weighted by molar-refractivity contribution is 0.0910. The van der Waals surface area contributed by atoms with E-state index < -0.39 is 21.5 Å². The van der Waals surface area contributed by atoms with E-state index in [-0.39, 0.29) is 29.1 Å². The van der Waals surface area contributed by atoms with Gasteiger partial charge in [0.15, 0.2) is 5.78 Å².